The van der Waals surface area contributed by atoms with Gasteiger partial charge in [-0.25, -0.2) is 4.98 Å². The van der Waals surface area contributed by atoms with Crippen molar-refractivity contribution in [2.45, 2.75) is 26.3 Å². The zero-order valence-electron chi connectivity index (χ0n) is 10.4. The Morgan fingerprint density at radius 1 is 1.53 bits per heavy atom. The average molecular weight is 238 g/mol. The molecule has 1 aromatic rings. The molecular formula is C11H18N4O2. The standard InChI is InChI=1S/C11H18N4O2/c1-8(2)15-7-6-14-10(11(15)17)13-5-4-9(16)12-3/h6-8H,4-5H2,1-3H3,(H,12,16)(H,13,14). The molecular weight excluding hydrogens is 220 g/mol. The number of nitrogens with zero attached hydrogens (tertiary/aromatic N) is 2. The van der Waals surface area contributed by atoms with Gasteiger partial charge >= 0.3 is 0 Å². The lowest BCUT2D eigenvalue weighted by Crippen LogP contribution is -2.27. The predicted octanol–water partition coefficient (Wildman–Crippen LogP) is 0.372. The zero-order valence-corrected chi connectivity index (χ0v) is 10.4. The molecule has 0 aliphatic carbocycles. The van der Waals surface area contributed by atoms with Crippen molar-refractivity contribution in [3.05, 3.63) is 22.7 Å². The molecule has 0 aromatic carbocycles. The van der Waals surface area contributed by atoms with E-state index in [0.717, 1.165) is 0 Å². The van der Waals surface area contributed by atoms with Gasteiger partial charge in [-0.15, -0.1) is 0 Å². The van der Waals surface area contributed by atoms with E-state index in [1.54, 1.807) is 24.0 Å². The van der Waals surface area contributed by atoms with Gasteiger partial charge in [-0.1, -0.05) is 0 Å². The molecule has 1 aromatic heterocycles. The topological polar surface area (TPSA) is 76.0 Å². The van der Waals surface area contributed by atoms with E-state index in [-0.39, 0.29) is 23.3 Å². The molecule has 0 saturated carbocycles. The van der Waals surface area contributed by atoms with E-state index >= 15 is 0 Å². The summed E-state index contributed by atoms with van der Waals surface area (Å²) in [5.41, 5.74) is -0.167. The Balaban J connectivity index is 2.69. The van der Waals surface area contributed by atoms with Gasteiger partial charge in [0.15, 0.2) is 5.82 Å². The van der Waals surface area contributed by atoms with Gasteiger partial charge in [-0.05, 0) is 13.8 Å². The van der Waals surface area contributed by atoms with Crippen LogP contribution in [-0.2, 0) is 4.79 Å². The van der Waals surface area contributed by atoms with Crippen molar-refractivity contribution in [1.82, 2.24) is 14.9 Å². The van der Waals surface area contributed by atoms with Crippen molar-refractivity contribution in [1.29, 1.82) is 0 Å². The molecule has 0 fully saturated rings. The molecule has 0 saturated heterocycles. The highest BCUT2D eigenvalue weighted by Crippen LogP contribution is 2.01. The Morgan fingerprint density at radius 2 is 2.24 bits per heavy atom. The van der Waals surface area contributed by atoms with Gasteiger partial charge in [0, 0.05) is 38.4 Å². The molecule has 0 atom stereocenters. The van der Waals surface area contributed by atoms with Crippen LogP contribution in [0, 0.1) is 0 Å². The largest absolute Gasteiger partial charge is 0.365 e. The minimum Gasteiger partial charge on any atom is -0.365 e. The lowest BCUT2D eigenvalue weighted by atomic mass is 10.3. The maximum absolute atomic E-state index is 11.9. The third-order valence-electron chi connectivity index (χ3n) is 2.35. The second-order valence-electron chi connectivity index (χ2n) is 3.93. The number of carbonyl (C=O) groups is 1. The van der Waals surface area contributed by atoms with E-state index in [1.165, 1.54) is 0 Å². The first-order valence-corrected chi connectivity index (χ1v) is 5.58. The van der Waals surface area contributed by atoms with Crippen LogP contribution in [0.15, 0.2) is 17.2 Å². The van der Waals surface area contributed by atoms with Gasteiger partial charge in [0.1, 0.15) is 0 Å². The maximum Gasteiger partial charge on any atom is 0.293 e. The molecule has 1 heterocycles. The highest BCUT2D eigenvalue weighted by molar-refractivity contribution is 5.75. The number of anilines is 1. The quantitative estimate of drug-likeness (QED) is 0.777. The van der Waals surface area contributed by atoms with Crippen molar-refractivity contribution in [3.8, 4) is 0 Å². The van der Waals surface area contributed by atoms with Crippen LogP contribution in [0.25, 0.3) is 0 Å². The highest BCUT2D eigenvalue weighted by atomic mass is 16.1. The average Bonchev–Trinajstić information content (AvgIpc) is 2.30. The summed E-state index contributed by atoms with van der Waals surface area (Å²) < 4.78 is 1.59. The molecule has 0 aliphatic heterocycles. The van der Waals surface area contributed by atoms with E-state index in [0.29, 0.717) is 13.0 Å². The first-order chi connectivity index (χ1) is 8.06. The van der Waals surface area contributed by atoms with Crippen molar-refractivity contribution in [3.63, 3.8) is 0 Å². The molecule has 0 bridgehead atoms. The van der Waals surface area contributed by atoms with Crippen molar-refractivity contribution in [2.75, 3.05) is 18.9 Å². The van der Waals surface area contributed by atoms with E-state index in [1.807, 2.05) is 13.8 Å². The molecule has 0 radical (unpaired) electrons. The first kappa shape index (κ1) is 13.2. The van der Waals surface area contributed by atoms with E-state index in [9.17, 15) is 9.59 Å². The van der Waals surface area contributed by atoms with Crippen LogP contribution >= 0.6 is 0 Å². The minimum absolute atomic E-state index is 0.0717. The molecule has 2 N–H and O–H groups in total. The van der Waals surface area contributed by atoms with E-state index in [2.05, 4.69) is 15.6 Å². The number of rotatable bonds is 5. The number of amides is 1. The van der Waals surface area contributed by atoms with Crippen LogP contribution in [-0.4, -0.2) is 29.1 Å². The molecule has 94 valence electrons. The summed E-state index contributed by atoms with van der Waals surface area (Å²) in [4.78, 5) is 26.9. The number of hydrogen-bond acceptors (Lipinski definition) is 4. The Morgan fingerprint density at radius 3 is 2.82 bits per heavy atom. The summed E-state index contributed by atoms with van der Waals surface area (Å²) in [6, 6.07) is 0.0880. The molecule has 6 nitrogen and oxygen atoms in total. The van der Waals surface area contributed by atoms with Gasteiger partial charge in [-0.2, -0.15) is 0 Å². The normalized spacial score (nSPS) is 10.4. The van der Waals surface area contributed by atoms with Gasteiger partial charge in [0.25, 0.3) is 5.56 Å². The van der Waals surface area contributed by atoms with Crippen LogP contribution in [0.1, 0.15) is 26.3 Å². The van der Waals surface area contributed by atoms with Gasteiger partial charge in [0.05, 0.1) is 0 Å². The van der Waals surface area contributed by atoms with Gasteiger partial charge < -0.3 is 15.2 Å². The monoisotopic (exact) mass is 238 g/mol. The summed E-state index contributed by atoms with van der Waals surface area (Å²) in [5, 5.41) is 5.38. The Bertz CT molecular complexity index is 439. The predicted molar refractivity (Wildman–Crippen MR) is 66.1 cm³/mol. The fourth-order valence-corrected chi connectivity index (χ4v) is 1.37. The molecule has 0 unspecified atom stereocenters. The van der Waals surface area contributed by atoms with Crippen LogP contribution in [0.2, 0.25) is 0 Å². The summed E-state index contributed by atoms with van der Waals surface area (Å²) in [7, 11) is 1.58. The highest BCUT2D eigenvalue weighted by Gasteiger charge is 2.06. The van der Waals surface area contributed by atoms with E-state index < -0.39 is 0 Å². The molecule has 17 heavy (non-hydrogen) atoms. The fraction of sp³-hybridized carbons (Fsp3) is 0.545. The summed E-state index contributed by atoms with van der Waals surface area (Å²) in [6.45, 7) is 4.25. The number of carbonyl (C=O) groups excluding carboxylic acids is 1. The van der Waals surface area contributed by atoms with Crippen LogP contribution < -0.4 is 16.2 Å². The summed E-state index contributed by atoms with van der Waals surface area (Å²) in [5.74, 6) is 0.211. The Labute approximate surface area is 100 Å². The van der Waals surface area contributed by atoms with E-state index in [4.69, 9.17) is 0 Å². The molecule has 1 amide bonds. The lowest BCUT2D eigenvalue weighted by Gasteiger charge is -2.11. The number of aromatic nitrogens is 2. The molecule has 6 heteroatoms. The lowest BCUT2D eigenvalue weighted by molar-refractivity contribution is -0.120. The van der Waals surface area contributed by atoms with Crippen molar-refractivity contribution in [2.24, 2.45) is 0 Å². The third-order valence-corrected chi connectivity index (χ3v) is 2.35. The zero-order chi connectivity index (χ0) is 12.8. The summed E-state index contributed by atoms with van der Waals surface area (Å²) in [6.07, 6.45) is 3.54. The van der Waals surface area contributed by atoms with Gasteiger partial charge in [0.2, 0.25) is 5.91 Å². The molecule has 0 spiro atoms. The van der Waals surface area contributed by atoms with Crippen LogP contribution in [0.3, 0.4) is 0 Å². The second kappa shape index (κ2) is 6.03. The summed E-state index contributed by atoms with van der Waals surface area (Å²) >= 11 is 0. The SMILES string of the molecule is CNC(=O)CCNc1nccn(C(C)C)c1=O. The Kier molecular flexibility index (Phi) is 4.68. The van der Waals surface area contributed by atoms with Crippen molar-refractivity contribution < 1.29 is 4.79 Å². The van der Waals surface area contributed by atoms with Gasteiger partial charge in [-0.3, -0.25) is 9.59 Å². The maximum atomic E-state index is 11.9. The Hall–Kier alpha value is -1.85. The molecule has 1 rings (SSSR count). The minimum atomic E-state index is -0.167. The fourth-order valence-electron chi connectivity index (χ4n) is 1.37. The third kappa shape index (κ3) is 3.58. The number of nitrogens with one attached hydrogen (secondary N) is 2. The smallest absolute Gasteiger partial charge is 0.293 e. The van der Waals surface area contributed by atoms with Crippen LogP contribution in [0.4, 0.5) is 5.82 Å². The second-order valence-corrected chi connectivity index (χ2v) is 3.93. The first-order valence-electron chi connectivity index (χ1n) is 5.58. The number of hydrogen-bond donors (Lipinski definition) is 2. The van der Waals surface area contributed by atoms with Crippen molar-refractivity contribution >= 4 is 11.7 Å². The van der Waals surface area contributed by atoms with Crippen LogP contribution in [0.5, 0.6) is 0 Å². The molecule has 0 aliphatic rings.